The molecule has 6 rings (SSSR count). The molecule has 3 aromatic carbocycles. The molecule has 2 heterocycles. The van der Waals surface area contributed by atoms with Crippen LogP contribution >= 0.6 is 0 Å². The van der Waals surface area contributed by atoms with Crippen molar-refractivity contribution < 1.29 is 27.9 Å². The molecule has 1 N–H and O–H groups in total. The quantitative estimate of drug-likeness (QED) is 0.238. The van der Waals surface area contributed by atoms with E-state index in [1.54, 1.807) is 18.2 Å². The number of carbonyl (C=O) groups excluding carboxylic acids is 1. The topological polar surface area (TPSA) is 92.5 Å². The summed E-state index contributed by atoms with van der Waals surface area (Å²) >= 11 is 0. The van der Waals surface area contributed by atoms with E-state index >= 15 is 0 Å². The van der Waals surface area contributed by atoms with Crippen LogP contribution in [0.4, 0.5) is 18.9 Å². The first kappa shape index (κ1) is 27.9. The van der Waals surface area contributed by atoms with Crippen molar-refractivity contribution in [2.45, 2.75) is 18.5 Å². The average Bonchev–Trinajstić information content (AvgIpc) is 3.82. The lowest BCUT2D eigenvalue weighted by molar-refractivity contribution is -0.138. The number of carboxylic acids is 1. The molecular weight excluding hydrogens is 559 g/mol. The van der Waals surface area contributed by atoms with Gasteiger partial charge >= 0.3 is 12.1 Å². The number of alkyl halides is 3. The van der Waals surface area contributed by atoms with Crippen LogP contribution in [0.3, 0.4) is 0 Å². The lowest BCUT2D eigenvalue weighted by Crippen LogP contribution is -2.41. The Morgan fingerprint density at radius 3 is 2.35 bits per heavy atom. The molecule has 10 heteroatoms. The van der Waals surface area contributed by atoms with Crippen LogP contribution in [0, 0.1) is 5.92 Å². The van der Waals surface area contributed by atoms with Gasteiger partial charge in [0.15, 0.2) is 0 Å². The standard InChI is InChI=1S/C33H24F3N3O4/c34-33(35,36)19-39(23-7-2-1-3-8-23)31(41)28-18-38(30-25(29(28)40)10-5-15-37-30)24-9-4-6-22(16-24)20-11-13-21(14-12-20)26-17-27(26)32(42)43/h1-16,18,26-27H,17,19H2,(H,42,43). The van der Waals surface area contributed by atoms with Gasteiger partial charge in [0.2, 0.25) is 5.43 Å². The number of rotatable bonds is 7. The van der Waals surface area contributed by atoms with Crippen molar-refractivity contribution in [1.29, 1.82) is 0 Å². The van der Waals surface area contributed by atoms with E-state index in [2.05, 4.69) is 4.98 Å². The van der Waals surface area contributed by atoms with Crippen LogP contribution in [0.1, 0.15) is 28.3 Å². The molecule has 2 aromatic heterocycles. The summed E-state index contributed by atoms with van der Waals surface area (Å²) in [6, 6.07) is 25.3. The van der Waals surface area contributed by atoms with Crippen LogP contribution in [-0.4, -0.2) is 39.3 Å². The zero-order valence-corrected chi connectivity index (χ0v) is 22.5. The maximum Gasteiger partial charge on any atom is 0.406 e. The van der Waals surface area contributed by atoms with Crippen LogP contribution < -0.4 is 10.3 Å². The zero-order chi connectivity index (χ0) is 30.3. The van der Waals surface area contributed by atoms with Crippen molar-refractivity contribution in [3.05, 3.63) is 125 Å². The van der Waals surface area contributed by atoms with Crippen LogP contribution in [-0.2, 0) is 4.79 Å². The van der Waals surface area contributed by atoms with Crippen LogP contribution in [0.15, 0.2) is 108 Å². The molecule has 0 spiro atoms. The molecule has 0 aliphatic heterocycles. The monoisotopic (exact) mass is 583 g/mol. The zero-order valence-electron chi connectivity index (χ0n) is 22.5. The molecule has 1 amide bonds. The number of para-hydroxylation sites is 1. The van der Waals surface area contributed by atoms with E-state index < -0.39 is 35.6 Å². The maximum atomic E-state index is 13.7. The number of fused-ring (bicyclic) bond motifs is 1. The first-order chi connectivity index (χ1) is 20.6. The molecule has 2 unspecified atom stereocenters. The van der Waals surface area contributed by atoms with Gasteiger partial charge in [-0.3, -0.25) is 19.3 Å². The summed E-state index contributed by atoms with van der Waals surface area (Å²) in [5, 5.41) is 9.32. The Hall–Kier alpha value is -5.25. The van der Waals surface area contributed by atoms with Crippen LogP contribution in [0.2, 0.25) is 0 Å². The number of carboxylic acid groups (broad SMARTS) is 1. The minimum Gasteiger partial charge on any atom is -0.481 e. The number of pyridine rings is 2. The van der Waals surface area contributed by atoms with Gasteiger partial charge in [0.25, 0.3) is 5.91 Å². The van der Waals surface area contributed by atoms with Crippen molar-refractivity contribution in [1.82, 2.24) is 9.55 Å². The Morgan fingerprint density at radius 1 is 0.930 bits per heavy atom. The molecule has 43 heavy (non-hydrogen) atoms. The lowest BCUT2D eigenvalue weighted by Gasteiger charge is -2.24. The number of hydrogen-bond acceptors (Lipinski definition) is 4. The predicted octanol–water partition coefficient (Wildman–Crippen LogP) is 6.45. The van der Waals surface area contributed by atoms with E-state index in [4.69, 9.17) is 0 Å². The van der Waals surface area contributed by atoms with Crippen molar-refractivity contribution in [2.24, 2.45) is 5.92 Å². The second-order valence-electron chi connectivity index (χ2n) is 10.4. The molecule has 1 saturated carbocycles. The van der Waals surface area contributed by atoms with Gasteiger partial charge in [0, 0.05) is 23.8 Å². The van der Waals surface area contributed by atoms with Gasteiger partial charge in [0.1, 0.15) is 17.8 Å². The fraction of sp³-hybridized carbons (Fsp3) is 0.152. The first-order valence-corrected chi connectivity index (χ1v) is 13.5. The highest BCUT2D eigenvalue weighted by Gasteiger charge is 2.44. The van der Waals surface area contributed by atoms with Gasteiger partial charge in [-0.1, -0.05) is 54.6 Å². The number of aliphatic carboxylic acids is 1. The number of carbonyl (C=O) groups is 2. The van der Waals surface area contributed by atoms with E-state index in [9.17, 15) is 32.7 Å². The fourth-order valence-electron chi connectivity index (χ4n) is 5.32. The minimum atomic E-state index is -4.71. The fourth-order valence-corrected chi connectivity index (χ4v) is 5.32. The number of halogens is 3. The van der Waals surface area contributed by atoms with Gasteiger partial charge in [-0.15, -0.1) is 0 Å². The molecule has 5 aromatic rings. The number of benzene rings is 3. The SMILES string of the molecule is O=C(O)C1CC1c1ccc(-c2cccc(-n3cc(C(=O)N(CC(F)(F)F)c4ccccc4)c(=O)c4cccnc43)c2)cc1. The molecule has 1 aliphatic rings. The Balaban J connectivity index is 1.42. The molecule has 1 aliphatic carbocycles. The van der Waals surface area contributed by atoms with E-state index in [0.29, 0.717) is 17.0 Å². The Kier molecular flexibility index (Phi) is 7.05. The number of amides is 1. The highest BCUT2D eigenvalue weighted by Crippen LogP contribution is 2.47. The third kappa shape index (κ3) is 5.63. The van der Waals surface area contributed by atoms with E-state index in [1.807, 2.05) is 36.4 Å². The van der Waals surface area contributed by atoms with Gasteiger partial charge in [0.05, 0.1) is 11.3 Å². The maximum absolute atomic E-state index is 13.7. The average molecular weight is 584 g/mol. The summed E-state index contributed by atoms with van der Waals surface area (Å²) in [6.45, 7) is -1.57. The van der Waals surface area contributed by atoms with E-state index in [-0.39, 0.29) is 28.6 Å². The highest BCUT2D eigenvalue weighted by atomic mass is 19.4. The summed E-state index contributed by atoms with van der Waals surface area (Å²) < 4.78 is 42.3. The first-order valence-electron chi connectivity index (χ1n) is 13.5. The minimum absolute atomic E-state index is 0.000222. The second-order valence-corrected chi connectivity index (χ2v) is 10.4. The van der Waals surface area contributed by atoms with Crippen molar-refractivity contribution in [3.63, 3.8) is 0 Å². The van der Waals surface area contributed by atoms with Gasteiger partial charge < -0.3 is 9.67 Å². The third-order valence-corrected chi connectivity index (χ3v) is 7.55. The summed E-state index contributed by atoms with van der Waals surface area (Å²) in [5.41, 5.74) is 2.24. The molecule has 216 valence electrons. The molecule has 2 atom stereocenters. The largest absolute Gasteiger partial charge is 0.481 e. The molecule has 0 saturated heterocycles. The van der Waals surface area contributed by atoms with Crippen molar-refractivity contribution in [2.75, 3.05) is 11.4 Å². The molecule has 1 fully saturated rings. The summed E-state index contributed by atoms with van der Waals surface area (Å²) in [7, 11) is 0. The normalized spacial score (nSPS) is 16.2. The van der Waals surface area contributed by atoms with Crippen LogP contribution in [0.5, 0.6) is 0 Å². The third-order valence-electron chi connectivity index (χ3n) is 7.55. The lowest BCUT2D eigenvalue weighted by atomic mass is 10.0. The van der Waals surface area contributed by atoms with Gasteiger partial charge in [-0.05, 0) is 65.4 Å². The summed E-state index contributed by atoms with van der Waals surface area (Å²) in [5.74, 6) is -2.24. The number of nitrogens with zero attached hydrogens (tertiary/aromatic N) is 3. The van der Waals surface area contributed by atoms with Crippen molar-refractivity contribution in [3.8, 4) is 16.8 Å². The molecule has 0 radical (unpaired) electrons. The second kappa shape index (κ2) is 10.9. The van der Waals surface area contributed by atoms with Gasteiger partial charge in [-0.25, -0.2) is 4.98 Å². The number of hydrogen-bond donors (Lipinski definition) is 1. The summed E-state index contributed by atoms with van der Waals surface area (Å²) in [6.07, 6.45) is -1.36. The summed E-state index contributed by atoms with van der Waals surface area (Å²) in [4.78, 5) is 43.3. The Morgan fingerprint density at radius 2 is 1.67 bits per heavy atom. The number of anilines is 1. The molecule has 7 nitrogen and oxygen atoms in total. The molecular formula is C33H24F3N3O4. The smallest absolute Gasteiger partial charge is 0.406 e. The van der Waals surface area contributed by atoms with Gasteiger partial charge in [-0.2, -0.15) is 13.2 Å². The van der Waals surface area contributed by atoms with E-state index in [1.165, 1.54) is 53.4 Å². The van der Waals surface area contributed by atoms with E-state index in [0.717, 1.165) is 16.7 Å². The Labute approximate surface area is 243 Å². The highest BCUT2D eigenvalue weighted by molar-refractivity contribution is 6.07. The van der Waals surface area contributed by atoms with Crippen molar-refractivity contribution >= 4 is 28.6 Å². The van der Waals surface area contributed by atoms with Crippen LogP contribution in [0.25, 0.3) is 27.8 Å². The molecule has 0 bridgehead atoms. The predicted molar refractivity (Wildman–Crippen MR) is 155 cm³/mol. The number of aromatic nitrogens is 2. The Bertz CT molecular complexity index is 1900.